The summed E-state index contributed by atoms with van der Waals surface area (Å²) in [5.41, 5.74) is 0.266. The van der Waals surface area contributed by atoms with Crippen LogP contribution >= 0.6 is 15.9 Å². The van der Waals surface area contributed by atoms with Crippen LogP contribution in [0.1, 0.15) is 30.1 Å². The topological polar surface area (TPSA) is 58.6 Å². The molecule has 1 unspecified atom stereocenters. The largest absolute Gasteiger partial charge is 0.507 e. The van der Waals surface area contributed by atoms with Crippen molar-refractivity contribution in [3.05, 3.63) is 23.8 Å². The zero-order chi connectivity index (χ0) is 13.5. The zero-order valence-corrected chi connectivity index (χ0v) is 12.2. The van der Waals surface area contributed by atoms with Crippen molar-refractivity contribution in [2.24, 2.45) is 0 Å². The first kappa shape index (κ1) is 14.8. The Balaban J connectivity index is 2.51. The molecule has 100 valence electrons. The van der Waals surface area contributed by atoms with Gasteiger partial charge in [0.05, 0.1) is 12.7 Å². The number of rotatable bonds is 6. The van der Waals surface area contributed by atoms with Crippen molar-refractivity contribution in [2.45, 2.75) is 24.6 Å². The maximum Gasteiger partial charge on any atom is 0.255 e. The van der Waals surface area contributed by atoms with Crippen molar-refractivity contribution in [2.75, 3.05) is 13.7 Å². The van der Waals surface area contributed by atoms with E-state index in [1.807, 2.05) is 0 Å². The predicted molar refractivity (Wildman–Crippen MR) is 74.6 cm³/mol. The molecule has 0 heterocycles. The van der Waals surface area contributed by atoms with E-state index in [1.165, 1.54) is 13.2 Å². The number of carbonyl (C=O) groups is 1. The molecule has 0 aromatic heterocycles. The highest BCUT2D eigenvalue weighted by Gasteiger charge is 2.11. The lowest BCUT2D eigenvalue weighted by Gasteiger charge is -2.08. The van der Waals surface area contributed by atoms with E-state index in [9.17, 15) is 9.90 Å². The predicted octanol–water partition coefficient (Wildman–Crippen LogP) is 2.69. The number of hydrogen-bond donors (Lipinski definition) is 2. The Morgan fingerprint density at radius 2 is 2.28 bits per heavy atom. The number of methoxy groups -OCH3 is 1. The van der Waals surface area contributed by atoms with Crippen LogP contribution in [0.5, 0.6) is 11.5 Å². The molecule has 0 aliphatic heterocycles. The molecule has 1 aromatic carbocycles. The van der Waals surface area contributed by atoms with E-state index in [0.717, 1.165) is 12.8 Å². The van der Waals surface area contributed by atoms with Gasteiger partial charge in [0, 0.05) is 17.4 Å². The molecular formula is C13H18BrNO3. The van der Waals surface area contributed by atoms with Gasteiger partial charge in [-0.15, -0.1) is 0 Å². The van der Waals surface area contributed by atoms with Gasteiger partial charge < -0.3 is 15.2 Å². The van der Waals surface area contributed by atoms with Crippen molar-refractivity contribution in [3.8, 4) is 11.5 Å². The Labute approximate surface area is 115 Å². The smallest absolute Gasteiger partial charge is 0.255 e. The third-order valence-corrected chi connectivity index (χ3v) is 2.97. The van der Waals surface area contributed by atoms with Gasteiger partial charge in [0.15, 0.2) is 0 Å². The summed E-state index contributed by atoms with van der Waals surface area (Å²) in [6.07, 6.45) is 1.89. The Kier molecular flexibility index (Phi) is 5.98. The number of benzene rings is 1. The Hall–Kier alpha value is -1.23. The van der Waals surface area contributed by atoms with E-state index in [0.29, 0.717) is 17.1 Å². The molecule has 0 bridgehead atoms. The monoisotopic (exact) mass is 315 g/mol. The van der Waals surface area contributed by atoms with Crippen LogP contribution in [-0.4, -0.2) is 29.5 Å². The molecule has 4 nitrogen and oxygen atoms in total. The molecule has 1 atom stereocenters. The number of carbonyl (C=O) groups excluding carboxylic acids is 1. The first-order chi connectivity index (χ1) is 8.54. The van der Waals surface area contributed by atoms with Crippen molar-refractivity contribution in [1.82, 2.24) is 5.32 Å². The highest BCUT2D eigenvalue weighted by atomic mass is 79.9. The van der Waals surface area contributed by atoms with Gasteiger partial charge in [0.1, 0.15) is 11.5 Å². The lowest BCUT2D eigenvalue weighted by molar-refractivity contribution is 0.0950. The van der Waals surface area contributed by atoms with E-state index in [1.54, 1.807) is 12.1 Å². The van der Waals surface area contributed by atoms with E-state index >= 15 is 0 Å². The van der Waals surface area contributed by atoms with Crippen LogP contribution in [0.3, 0.4) is 0 Å². The summed E-state index contributed by atoms with van der Waals surface area (Å²) in [5, 5.41) is 12.5. The standard InChI is InChI=1S/C13H18BrNO3/c1-9(14)4-3-7-15-13(17)11-6-5-10(18-2)8-12(11)16/h5-6,8-9,16H,3-4,7H2,1-2H3,(H,15,17). The van der Waals surface area contributed by atoms with Crippen LogP contribution in [0.2, 0.25) is 0 Å². The molecule has 0 saturated heterocycles. The minimum absolute atomic E-state index is 0.0688. The van der Waals surface area contributed by atoms with Crippen molar-refractivity contribution >= 4 is 21.8 Å². The molecule has 0 fully saturated rings. The van der Waals surface area contributed by atoms with E-state index in [-0.39, 0.29) is 17.2 Å². The fourth-order valence-electron chi connectivity index (χ4n) is 1.51. The van der Waals surface area contributed by atoms with Crippen LogP contribution in [0, 0.1) is 0 Å². The van der Waals surface area contributed by atoms with Crippen LogP contribution < -0.4 is 10.1 Å². The number of alkyl halides is 1. The average molecular weight is 316 g/mol. The summed E-state index contributed by atoms with van der Waals surface area (Å²) in [6, 6.07) is 4.63. The molecule has 18 heavy (non-hydrogen) atoms. The van der Waals surface area contributed by atoms with Crippen LogP contribution in [0.4, 0.5) is 0 Å². The number of halogens is 1. The normalized spacial score (nSPS) is 11.9. The van der Waals surface area contributed by atoms with Crippen molar-refractivity contribution in [3.63, 3.8) is 0 Å². The van der Waals surface area contributed by atoms with Crippen LogP contribution in [0.15, 0.2) is 18.2 Å². The molecule has 2 N–H and O–H groups in total. The third-order valence-electron chi connectivity index (χ3n) is 2.51. The average Bonchev–Trinajstić information content (AvgIpc) is 2.33. The van der Waals surface area contributed by atoms with Crippen LogP contribution in [-0.2, 0) is 0 Å². The third kappa shape index (κ3) is 4.56. The van der Waals surface area contributed by atoms with Gasteiger partial charge >= 0.3 is 0 Å². The Morgan fingerprint density at radius 3 is 2.83 bits per heavy atom. The SMILES string of the molecule is COc1ccc(C(=O)NCCCC(C)Br)c(O)c1. The fourth-order valence-corrected chi connectivity index (χ4v) is 1.83. The quantitative estimate of drug-likeness (QED) is 0.627. The molecular weight excluding hydrogens is 298 g/mol. The number of phenolic OH excluding ortho intramolecular Hbond substituents is 1. The maximum absolute atomic E-state index is 11.8. The zero-order valence-electron chi connectivity index (χ0n) is 10.6. The first-order valence-electron chi connectivity index (χ1n) is 5.84. The van der Waals surface area contributed by atoms with Gasteiger partial charge in [0.25, 0.3) is 5.91 Å². The lowest BCUT2D eigenvalue weighted by Crippen LogP contribution is -2.24. The van der Waals surface area contributed by atoms with E-state index < -0.39 is 0 Å². The number of phenols is 1. The van der Waals surface area contributed by atoms with Gasteiger partial charge in [-0.2, -0.15) is 0 Å². The van der Waals surface area contributed by atoms with E-state index in [2.05, 4.69) is 28.2 Å². The van der Waals surface area contributed by atoms with Crippen molar-refractivity contribution in [1.29, 1.82) is 0 Å². The first-order valence-corrected chi connectivity index (χ1v) is 6.75. The number of hydrogen-bond acceptors (Lipinski definition) is 3. The summed E-state index contributed by atoms with van der Waals surface area (Å²) in [5.74, 6) is 0.190. The maximum atomic E-state index is 11.8. The van der Waals surface area contributed by atoms with Crippen molar-refractivity contribution < 1.29 is 14.6 Å². The molecule has 5 heteroatoms. The number of aromatic hydroxyl groups is 1. The van der Waals surface area contributed by atoms with Gasteiger partial charge in [-0.1, -0.05) is 22.9 Å². The molecule has 1 rings (SSSR count). The summed E-state index contributed by atoms with van der Waals surface area (Å²) in [4.78, 5) is 12.2. The molecule has 1 aromatic rings. The Bertz CT molecular complexity index is 407. The highest BCUT2D eigenvalue weighted by molar-refractivity contribution is 9.09. The van der Waals surface area contributed by atoms with Gasteiger partial charge in [0.2, 0.25) is 0 Å². The second-order valence-electron chi connectivity index (χ2n) is 4.06. The second-order valence-corrected chi connectivity index (χ2v) is 5.63. The summed E-state index contributed by atoms with van der Waals surface area (Å²) in [7, 11) is 1.51. The minimum Gasteiger partial charge on any atom is -0.507 e. The molecule has 0 saturated carbocycles. The van der Waals surface area contributed by atoms with Crippen LogP contribution in [0.25, 0.3) is 0 Å². The highest BCUT2D eigenvalue weighted by Crippen LogP contribution is 2.23. The van der Waals surface area contributed by atoms with E-state index in [4.69, 9.17) is 4.74 Å². The van der Waals surface area contributed by atoms with Gasteiger partial charge in [-0.3, -0.25) is 4.79 Å². The molecule has 0 radical (unpaired) electrons. The number of nitrogens with one attached hydrogen (secondary N) is 1. The molecule has 0 aliphatic carbocycles. The fraction of sp³-hybridized carbons (Fsp3) is 0.462. The minimum atomic E-state index is -0.266. The second kappa shape index (κ2) is 7.26. The summed E-state index contributed by atoms with van der Waals surface area (Å²) >= 11 is 3.45. The number of ether oxygens (including phenoxy) is 1. The molecule has 0 aliphatic rings. The molecule has 1 amide bonds. The summed E-state index contributed by atoms with van der Waals surface area (Å²) < 4.78 is 4.96. The van der Waals surface area contributed by atoms with Gasteiger partial charge in [-0.25, -0.2) is 0 Å². The lowest BCUT2D eigenvalue weighted by atomic mass is 10.1. The Morgan fingerprint density at radius 1 is 1.56 bits per heavy atom. The number of amides is 1. The molecule has 0 spiro atoms. The van der Waals surface area contributed by atoms with Gasteiger partial charge in [-0.05, 0) is 25.0 Å². The summed E-state index contributed by atoms with van der Waals surface area (Å²) in [6.45, 7) is 2.66.